The molecule has 126 valence electrons. The normalized spacial score (nSPS) is 15.3. The smallest absolute Gasteiger partial charge is 0.322 e. The van der Waals surface area contributed by atoms with Gasteiger partial charge in [0.1, 0.15) is 6.04 Å². The van der Waals surface area contributed by atoms with Gasteiger partial charge in [0.2, 0.25) is 17.7 Å². The monoisotopic (exact) mass is 337 g/mol. The molecular weight excluding hydrogens is 318 g/mol. The molecule has 0 fully saturated rings. The highest BCUT2D eigenvalue weighted by Gasteiger charge is 2.32. The molecule has 0 aliphatic carbocycles. The van der Waals surface area contributed by atoms with Crippen molar-refractivity contribution in [2.75, 3.05) is 6.26 Å². The highest BCUT2D eigenvalue weighted by molar-refractivity contribution is 7.92. The van der Waals surface area contributed by atoms with E-state index in [1.165, 1.54) is 13.8 Å². The van der Waals surface area contributed by atoms with Crippen molar-refractivity contribution in [1.29, 1.82) is 0 Å². The van der Waals surface area contributed by atoms with Crippen LogP contribution in [0.1, 0.15) is 20.3 Å². The lowest BCUT2D eigenvalue weighted by Crippen LogP contribution is -2.51. The van der Waals surface area contributed by atoms with Crippen LogP contribution >= 0.6 is 0 Å². The van der Waals surface area contributed by atoms with Crippen molar-refractivity contribution in [3.8, 4) is 0 Å². The molecule has 0 rings (SSSR count). The zero-order valence-corrected chi connectivity index (χ0v) is 13.1. The zero-order chi connectivity index (χ0) is 17.7. The number of hydrogen-bond acceptors (Lipinski definition) is 7. The first-order valence-electron chi connectivity index (χ1n) is 6.17. The van der Waals surface area contributed by atoms with Gasteiger partial charge in [-0.25, -0.2) is 8.42 Å². The number of nitrogens with one attached hydrogen (secondary N) is 2. The van der Waals surface area contributed by atoms with Crippen molar-refractivity contribution < 1.29 is 32.7 Å². The lowest BCUT2D eigenvalue weighted by Gasteiger charge is -2.15. The number of carboxylic acids is 1. The molecule has 0 spiro atoms. The molecule has 0 aromatic heterocycles. The Morgan fingerprint density at radius 3 is 2.00 bits per heavy atom. The highest BCUT2D eigenvalue weighted by Crippen LogP contribution is 2.05. The molecule has 0 aromatic carbocycles. The number of rotatable bonds is 7. The number of amides is 3. The minimum Gasteiger partial charge on any atom is -0.480 e. The maximum Gasteiger partial charge on any atom is 0.322 e. The summed E-state index contributed by atoms with van der Waals surface area (Å²) in [5.74, 6) is -4.29. The Morgan fingerprint density at radius 2 is 1.64 bits per heavy atom. The average molecular weight is 337 g/mol. The zero-order valence-electron chi connectivity index (χ0n) is 12.3. The number of sulfone groups is 1. The van der Waals surface area contributed by atoms with Crippen LogP contribution in [0.2, 0.25) is 0 Å². The number of carbonyl (C=O) groups excluding carboxylic acids is 3. The summed E-state index contributed by atoms with van der Waals surface area (Å²) < 4.78 is 22.5. The Morgan fingerprint density at radius 1 is 1.14 bits per heavy atom. The van der Waals surface area contributed by atoms with Crippen molar-refractivity contribution >= 4 is 33.5 Å². The van der Waals surface area contributed by atoms with Crippen LogP contribution in [0.4, 0.5) is 0 Å². The first-order valence-corrected chi connectivity index (χ1v) is 8.13. The Bertz CT molecular complexity index is 570. The Balaban J connectivity index is 4.69. The highest BCUT2D eigenvalue weighted by atomic mass is 32.2. The minimum absolute atomic E-state index is 0.616. The SMILES string of the molecule is C[C@H](N)C(=O)N[C@@H](C)C(=O)NC(=O)CC(C(=O)O)S(C)(=O)=O. The van der Waals surface area contributed by atoms with Gasteiger partial charge in [-0.1, -0.05) is 0 Å². The first-order chi connectivity index (χ1) is 9.86. The molecule has 0 bridgehead atoms. The summed E-state index contributed by atoms with van der Waals surface area (Å²) in [4.78, 5) is 45.3. The van der Waals surface area contributed by atoms with E-state index >= 15 is 0 Å². The van der Waals surface area contributed by atoms with Crippen LogP contribution in [-0.4, -0.2) is 60.8 Å². The van der Waals surface area contributed by atoms with E-state index in [-0.39, 0.29) is 0 Å². The fourth-order valence-electron chi connectivity index (χ4n) is 1.30. The number of carbonyl (C=O) groups is 4. The third-order valence-corrected chi connectivity index (χ3v) is 3.99. The first kappa shape index (κ1) is 20.0. The van der Waals surface area contributed by atoms with Crippen LogP contribution in [-0.2, 0) is 29.0 Å². The summed E-state index contributed by atoms with van der Waals surface area (Å²) in [6.07, 6.45) is -0.236. The standard InChI is InChI=1S/C11H19N3O7S/c1-5(12)9(16)13-6(2)10(17)14-8(15)4-7(11(18)19)22(3,20)21/h5-7H,4,12H2,1-3H3,(H,13,16)(H,18,19)(H,14,15,17)/t5-,6-,7?/m0/s1. The molecule has 0 aliphatic rings. The lowest BCUT2D eigenvalue weighted by molar-refractivity contribution is -0.139. The third kappa shape index (κ3) is 6.63. The van der Waals surface area contributed by atoms with Gasteiger partial charge in [0.05, 0.1) is 12.5 Å². The van der Waals surface area contributed by atoms with Crippen LogP contribution in [0, 0.1) is 0 Å². The summed E-state index contributed by atoms with van der Waals surface area (Å²) in [6, 6.07) is -1.95. The van der Waals surface area contributed by atoms with Crippen molar-refractivity contribution in [2.24, 2.45) is 5.73 Å². The van der Waals surface area contributed by atoms with E-state index in [2.05, 4.69) is 5.32 Å². The van der Waals surface area contributed by atoms with E-state index in [0.29, 0.717) is 6.26 Å². The van der Waals surface area contributed by atoms with Gasteiger partial charge in [-0.3, -0.25) is 24.5 Å². The Hall–Kier alpha value is -2.01. The van der Waals surface area contributed by atoms with Crippen molar-refractivity contribution in [3.05, 3.63) is 0 Å². The molecule has 22 heavy (non-hydrogen) atoms. The minimum atomic E-state index is -4.00. The van der Waals surface area contributed by atoms with Crippen molar-refractivity contribution in [3.63, 3.8) is 0 Å². The molecule has 0 saturated heterocycles. The molecule has 5 N–H and O–H groups in total. The van der Waals surface area contributed by atoms with Gasteiger partial charge in [-0.15, -0.1) is 0 Å². The van der Waals surface area contributed by atoms with E-state index < -0.39 is 57.3 Å². The van der Waals surface area contributed by atoms with Crippen LogP contribution < -0.4 is 16.4 Å². The number of nitrogens with two attached hydrogens (primary N) is 1. The van der Waals surface area contributed by atoms with Gasteiger partial charge in [0.25, 0.3) is 0 Å². The second-order valence-corrected chi connectivity index (χ2v) is 7.02. The Labute approximate surface area is 127 Å². The fraction of sp³-hybridized carbons (Fsp3) is 0.636. The number of hydrogen-bond donors (Lipinski definition) is 4. The number of aliphatic carboxylic acids is 1. The van der Waals surface area contributed by atoms with E-state index in [9.17, 15) is 27.6 Å². The number of imide groups is 1. The molecule has 10 nitrogen and oxygen atoms in total. The van der Waals surface area contributed by atoms with Crippen LogP contribution in [0.15, 0.2) is 0 Å². The van der Waals surface area contributed by atoms with Gasteiger partial charge in [0, 0.05) is 6.26 Å². The summed E-state index contributed by atoms with van der Waals surface area (Å²) in [7, 11) is -4.00. The molecule has 11 heteroatoms. The molecule has 3 atom stereocenters. The molecule has 3 amide bonds. The molecule has 0 radical (unpaired) electrons. The van der Waals surface area contributed by atoms with E-state index in [0.717, 1.165) is 0 Å². The second kappa shape index (κ2) is 7.84. The predicted molar refractivity (Wildman–Crippen MR) is 75.3 cm³/mol. The third-order valence-electron chi connectivity index (χ3n) is 2.59. The van der Waals surface area contributed by atoms with Crippen molar-refractivity contribution in [2.45, 2.75) is 37.6 Å². The van der Waals surface area contributed by atoms with Gasteiger partial charge in [-0.2, -0.15) is 0 Å². The Kier molecular flexibility index (Phi) is 7.13. The molecule has 0 aromatic rings. The topological polar surface area (TPSA) is 173 Å². The maximum atomic E-state index is 11.6. The summed E-state index contributed by atoms with van der Waals surface area (Å²) >= 11 is 0. The van der Waals surface area contributed by atoms with Gasteiger partial charge >= 0.3 is 5.97 Å². The predicted octanol–water partition coefficient (Wildman–Crippen LogP) is -2.63. The largest absolute Gasteiger partial charge is 0.480 e. The number of carboxylic acid groups (broad SMARTS) is 1. The van der Waals surface area contributed by atoms with Gasteiger partial charge in [0.15, 0.2) is 15.1 Å². The lowest BCUT2D eigenvalue weighted by atomic mass is 10.2. The molecule has 1 unspecified atom stereocenters. The van der Waals surface area contributed by atoms with E-state index in [4.69, 9.17) is 10.8 Å². The maximum absolute atomic E-state index is 11.6. The molecular formula is C11H19N3O7S. The summed E-state index contributed by atoms with van der Waals surface area (Å²) in [5.41, 5.74) is 5.29. The summed E-state index contributed by atoms with van der Waals surface area (Å²) in [5, 5.41) is 10.9. The molecule has 0 aliphatic heterocycles. The molecule has 0 saturated carbocycles. The summed E-state index contributed by atoms with van der Waals surface area (Å²) in [6.45, 7) is 2.68. The van der Waals surface area contributed by atoms with Gasteiger partial charge < -0.3 is 16.2 Å². The van der Waals surface area contributed by atoms with E-state index in [1.807, 2.05) is 5.32 Å². The average Bonchev–Trinajstić information content (AvgIpc) is 2.33. The molecule has 0 heterocycles. The van der Waals surface area contributed by atoms with Crippen molar-refractivity contribution in [1.82, 2.24) is 10.6 Å². The van der Waals surface area contributed by atoms with Crippen LogP contribution in [0.25, 0.3) is 0 Å². The quantitative estimate of drug-likeness (QED) is 0.390. The van der Waals surface area contributed by atoms with Crippen LogP contribution in [0.5, 0.6) is 0 Å². The van der Waals surface area contributed by atoms with E-state index in [1.54, 1.807) is 0 Å². The second-order valence-electron chi connectivity index (χ2n) is 4.79. The van der Waals surface area contributed by atoms with Crippen LogP contribution in [0.3, 0.4) is 0 Å². The van der Waals surface area contributed by atoms with Gasteiger partial charge in [-0.05, 0) is 13.8 Å². The fourth-order valence-corrected chi connectivity index (χ4v) is 2.12.